The Kier molecular flexibility index (Phi) is 10.6. The molecular formula is C37H36F6N2O8. The quantitative estimate of drug-likeness (QED) is 0.102. The van der Waals surface area contributed by atoms with Crippen molar-refractivity contribution in [3.63, 3.8) is 0 Å². The van der Waals surface area contributed by atoms with E-state index in [-0.39, 0.29) is 25.5 Å². The zero-order valence-corrected chi connectivity index (χ0v) is 29.0. The van der Waals surface area contributed by atoms with E-state index in [1.54, 1.807) is 60.7 Å². The van der Waals surface area contributed by atoms with Crippen LogP contribution >= 0.6 is 0 Å². The minimum Gasteiger partial charge on any atom is -0.445 e. The van der Waals surface area contributed by atoms with E-state index in [0.29, 0.717) is 28.2 Å². The molecule has 3 aromatic rings. The van der Waals surface area contributed by atoms with Gasteiger partial charge in [-0.05, 0) is 75.4 Å². The fraction of sp³-hybridized carbons (Fsp3) is 0.405. The summed E-state index contributed by atoms with van der Waals surface area (Å²) in [5.41, 5.74) is -7.37. The molecule has 1 spiro atoms. The molecule has 53 heavy (non-hydrogen) atoms. The van der Waals surface area contributed by atoms with Gasteiger partial charge in [0.05, 0.1) is 35.9 Å². The van der Waals surface area contributed by atoms with Crippen LogP contribution in [0.1, 0.15) is 74.5 Å². The molecule has 0 saturated carbocycles. The maximum absolute atomic E-state index is 14.2. The van der Waals surface area contributed by atoms with Gasteiger partial charge in [-0.3, -0.25) is 4.90 Å². The number of alkyl halides is 6. The first-order valence-corrected chi connectivity index (χ1v) is 16.4. The van der Waals surface area contributed by atoms with Crippen LogP contribution in [0.5, 0.6) is 0 Å². The van der Waals surface area contributed by atoms with E-state index in [4.69, 9.17) is 18.9 Å². The Hall–Kier alpha value is -5.12. The second kappa shape index (κ2) is 14.4. The van der Waals surface area contributed by atoms with Gasteiger partial charge in [-0.1, -0.05) is 60.7 Å². The number of carbonyl (C=O) groups is 4. The van der Waals surface area contributed by atoms with Crippen LogP contribution in [0.3, 0.4) is 0 Å². The highest BCUT2D eigenvalue weighted by molar-refractivity contribution is 6.07. The summed E-state index contributed by atoms with van der Waals surface area (Å²) in [4.78, 5) is 55.8. The molecule has 2 heterocycles. The van der Waals surface area contributed by atoms with E-state index in [9.17, 15) is 45.5 Å². The van der Waals surface area contributed by atoms with Gasteiger partial charge in [-0.15, -0.1) is 0 Å². The van der Waals surface area contributed by atoms with Gasteiger partial charge < -0.3 is 18.9 Å². The van der Waals surface area contributed by atoms with Crippen LogP contribution in [0.15, 0.2) is 78.9 Å². The van der Waals surface area contributed by atoms with E-state index in [1.165, 1.54) is 27.7 Å². The monoisotopic (exact) mass is 750 g/mol. The lowest BCUT2D eigenvalue weighted by molar-refractivity contribution is -0.148. The molecule has 2 aliphatic heterocycles. The third-order valence-corrected chi connectivity index (χ3v) is 9.02. The van der Waals surface area contributed by atoms with Crippen molar-refractivity contribution < 1.29 is 64.5 Å². The summed E-state index contributed by atoms with van der Waals surface area (Å²) in [6.07, 6.45) is -15.7. The molecule has 0 radical (unpaired) electrons. The van der Waals surface area contributed by atoms with Crippen molar-refractivity contribution >= 4 is 24.2 Å². The molecule has 0 aliphatic carbocycles. The van der Waals surface area contributed by atoms with Crippen molar-refractivity contribution in [2.24, 2.45) is 0 Å². The number of likely N-dealkylation sites (tertiary alicyclic amines) is 1. The van der Waals surface area contributed by atoms with Crippen LogP contribution in [0.4, 0.5) is 40.7 Å². The van der Waals surface area contributed by atoms with Crippen LogP contribution in [0, 0.1) is 0 Å². The van der Waals surface area contributed by atoms with Gasteiger partial charge in [-0.2, -0.15) is 31.2 Å². The smallest absolute Gasteiger partial charge is 0.428 e. The average molecular weight is 751 g/mol. The number of ether oxygens (including phenoxy) is 4. The second-order valence-electron chi connectivity index (χ2n) is 13.8. The molecule has 0 bridgehead atoms. The first-order chi connectivity index (χ1) is 24.7. The number of hydrogen-bond acceptors (Lipinski definition) is 8. The van der Waals surface area contributed by atoms with Gasteiger partial charge in [0, 0.05) is 0 Å². The first kappa shape index (κ1) is 39.1. The van der Waals surface area contributed by atoms with Gasteiger partial charge in [0.15, 0.2) is 5.54 Å². The molecule has 10 nitrogen and oxygen atoms in total. The van der Waals surface area contributed by atoms with E-state index in [0.717, 1.165) is 4.90 Å². The van der Waals surface area contributed by atoms with E-state index >= 15 is 0 Å². The standard InChI is InChI=1S/C37H36F6N2O8/c1-23(25-17-27(36(38,39)40)19-28(18-25)37(41,42)43)51-22-35(26-13-9-6-10-14-26)16-15-34(21-44(35)30(47)50-20-24-11-7-5-8-12-24)29(46)52-31(48)45(34)32(49)53-33(2,3)4/h5-14,17-19,23H,15-16,20-22H2,1-4H3/t23-,34?,35-/m1/s1. The lowest BCUT2D eigenvalue weighted by atomic mass is 9.74. The van der Waals surface area contributed by atoms with Crippen LogP contribution in [-0.4, -0.2) is 58.3 Å². The fourth-order valence-electron chi connectivity index (χ4n) is 6.32. The summed E-state index contributed by atoms with van der Waals surface area (Å²) in [5, 5.41) is 0. The number of halogens is 6. The Morgan fingerprint density at radius 3 is 1.94 bits per heavy atom. The SMILES string of the molecule is C[C@@H](OC[C@@]1(c2ccccc2)CCC2(CN1C(=O)OCc1ccccc1)C(=O)OC(=O)N2C(=O)OC(C)(C)C)c1cc(C(F)(F)F)cc(C(F)(F)F)c1. The van der Waals surface area contributed by atoms with Crippen molar-refractivity contribution in [1.82, 2.24) is 9.80 Å². The molecule has 3 aromatic carbocycles. The molecule has 284 valence electrons. The topological polar surface area (TPSA) is 112 Å². The van der Waals surface area contributed by atoms with Gasteiger partial charge >= 0.3 is 36.6 Å². The van der Waals surface area contributed by atoms with Gasteiger partial charge in [0.25, 0.3) is 0 Å². The summed E-state index contributed by atoms with van der Waals surface area (Å²) in [6, 6.07) is 17.8. The molecule has 3 amide bonds. The van der Waals surface area contributed by atoms with Crippen LogP contribution < -0.4 is 0 Å². The number of benzene rings is 3. The zero-order chi connectivity index (χ0) is 39.0. The summed E-state index contributed by atoms with van der Waals surface area (Å²) in [5.74, 6) is -1.14. The molecular weight excluding hydrogens is 714 g/mol. The summed E-state index contributed by atoms with van der Waals surface area (Å²) >= 11 is 0. The number of amides is 3. The summed E-state index contributed by atoms with van der Waals surface area (Å²) in [6.45, 7) is 4.38. The largest absolute Gasteiger partial charge is 0.445 e. The predicted octanol–water partition coefficient (Wildman–Crippen LogP) is 8.78. The van der Waals surface area contributed by atoms with Gasteiger partial charge in [0.2, 0.25) is 0 Å². The van der Waals surface area contributed by atoms with Crippen molar-refractivity contribution in [2.45, 2.75) is 82.3 Å². The lowest BCUT2D eigenvalue weighted by Crippen LogP contribution is -2.68. The van der Waals surface area contributed by atoms with Crippen molar-refractivity contribution in [3.8, 4) is 0 Å². The van der Waals surface area contributed by atoms with Gasteiger partial charge in [0.1, 0.15) is 12.2 Å². The highest BCUT2D eigenvalue weighted by Gasteiger charge is 2.65. The molecule has 2 aliphatic rings. The number of carbonyl (C=O) groups excluding carboxylic acids is 4. The minimum atomic E-state index is -5.11. The Balaban J connectivity index is 1.58. The first-order valence-electron chi connectivity index (χ1n) is 16.4. The molecule has 5 rings (SSSR count). The Bertz CT molecular complexity index is 1820. The second-order valence-corrected chi connectivity index (χ2v) is 13.8. The highest BCUT2D eigenvalue weighted by atomic mass is 19.4. The number of imide groups is 1. The van der Waals surface area contributed by atoms with Crippen LogP contribution in [0.25, 0.3) is 0 Å². The summed E-state index contributed by atoms with van der Waals surface area (Å²) in [7, 11) is 0. The fourth-order valence-corrected chi connectivity index (χ4v) is 6.32. The Morgan fingerprint density at radius 1 is 0.830 bits per heavy atom. The Morgan fingerprint density at radius 2 is 1.40 bits per heavy atom. The molecule has 0 N–H and O–H groups in total. The van der Waals surface area contributed by atoms with Crippen molar-refractivity contribution in [2.75, 3.05) is 13.2 Å². The molecule has 2 fully saturated rings. The lowest BCUT2D eigenvalue weighted by Gasteiger charge is -2.52. The molecule has 2 saturated heterocycles. The number of rotatable bonds is 7. The average Bonchev–Trinajstić information content (AvgIpc) is 3.33. The molecule has 1 unspecified atom stereocenters. The third-order valence-electron chi connectivity index (χ3n) is 9.02. The maximum atomic E-state index is 14.2. The third kappa shape index (κ3) is 8.27. The van der Waals surface area contributed by atoms with Crippen molar-refractivity contribution in [3.05, 3.63) is 107 Å². The number of hydrogen-bond donors (Lipinski definition) is 0. The van der Waals surface area contributed by atoms with E-state index in [1.807, 2.05) is 0 Å². The van der Waals surface area contributed by atoms with Crippen LogP contribution in [0.2, 0.25) is 0 Å². The molecule has 3 atom stereocenters. The van der Waals surface area contributed by atoms with Gasteiger partial charge in [-0.25, -0.2) is 19.2 Å². The van der Waals surface area contributed by atoms with Crippen molar-refractivity contribution in [1.29, 1.82) is 0 Å². The van der Waals surface area contributed by atoms with Crippen LogP contribution in [-0.2, 0) is 48.2 Å². The minimum absolute atomic E-state index is 0.00509. The number of piperidine rings is 1. The number of cyclic esters (lactones) is 2. The number of esters is 1. The van der Waals surface area contributed by atoms with E-state index < -0.39 is 89.2 Å². The Labute approximate surface area is 300 Å². The normalized spacial score (nSPS) is 21.4. The summed E-state index contributed by atoms with van der Waals surface area (Å²) < 4.78 is 104. The predicted molar refractivity (Wildman–Crippen MR) is 174 cm³/mol. The molecule has 16 heteroatoms. The zero-order valence-electron chi connectivity index (χ0n) is 29.0. The molecule has 0 aromatic heterocycles. The van der Waals surface area contributed by atoms with E-state index in [2.05, 4.69) is 0 Å². The highest BCUT2D eigenvalue weighted by Crippen LogP contribution is 2.47. The maximum Gasteiger partial charge on any atom is 0.428 e. The number of nitrogens with zero attached hydrogens (tertiary/aromatic N) is 2.